The zero-order valence-corrected chi connectivity index (χ0v) is 8.14. The van der Waals surface area contributed by atoms with E-state index in [0.29, 0.717) is 5.82 Å². The van der Waals surface area contributed by atoms with Gasteiger partial charge in [0.05, 0.1) is 0 Å². The van der Waals surface area contributed by atoms with Gasteiger partial charge in [0.25, 0.3) is 0 Å². The van der Waals surface area contributed by atoms with Crippen LogP contribution < -0.4 is 5.32 Å². The molecule has 1 atom stereocenters. The van der Waals surface area contributed by atoms with Crippen LogP contribution in [0.3, 0.4) is 0 Å². The van der Waals surface area contributed by atoms with E-state index < -0.39 is 12.0 Å². The van der Waals surface area contributed by atoms with Gasteiger partial charge in [-0.1, -0.05) is 13.8 Å². The molecule has 0 aliphatic carbocycles. The summed E-state index contributed by atoms with van der Waals surface area (Å²) in [6, 6.07) is 1.02. The van der Waals surface area contributed by atoms with Gasteiger partial charge in [-0.2, -0.15) is 0 Å². The minimum Gasteiger partial charge on any atom is -0.480 e. The van der Waals surface area contributed by atoms with Gasteiger partial charge in [-0.3, -0.25) is 0 Å². The van der Waals surface area contributed by atoms with Crippen LogP contribution in [0, 0.1) is 5.92 Å². The molecule has 0 bridgehead atoms. The molecule has 0 fully saturated rings. The molecule has 1 rings (SSSR count). The Balaban J connectivity index is 2.70. The van der Waals surface area contributed by atoms with Crippen molar-refractivity contribution in [3.8, 4) is 0 Å². The first-order chi connectivity index (χ1) is 6.61. The van der Waals surface area contributed by atoms with Crippen LogP contribution in [0.1, 0.15) is 13.8 Å². The van der Waals surface area contributed by atoms with Gasteiger partial charge in [0.2, 0.25) is 0 Å². The SMILES string of the molecule is CC(C)[C@H](Nc1ccncn1)C(=O)O. The van der Waals surface area contributed by atoms with Crippen molar-refractivity contribution in [2.24, 2.45) is 5.92 Å². The highest BCUT2D eigenvalue weighted by atomic mass is 16.4. The van der Waals surface area contributed by atoms with Gasteiger partial charge < -0.3 is 10.4 Å². The standard InChI is InChI=1S/C9H13N3O2/c1-6(2)8(9(13)14)12-7-3-4-10-5-11-7/h3-6,8H,1-2H3,(H,13,14)(H,10,11,12)/t8-/m0/s1. The lowest BCUT2D eigenvalue weighted by atomic mass is 10.1. The maximum atomic E-state index is 10.8. The van der Waals surface area contributed by atoms with Crippen molar-refractivity contribution in [2.45, 2.75) is 19.9 Å². The molecule has 0 saturated heterocycles. The van der Waals surface area contributed by atoms with Gasteiger partial charge in [-0.25, -0.2) is 14.8 Å². The summed E-state index contributed by atoms with van der Waals surface area (Å²) < 4.78 is 0. The van der Waals surface area contributed by atoms with Crippen LogP contribution in [0.5, 0.6) is 0 Å². The van der Waals surface area contributed by atoms with E-state index in [2.05, 4.69) is 15.3 Å². The summed E-state index contributed by atoms with van der Waals surface area (Å²) in [6.07, 6.45) is 2.94. The summed E-state index contributed by atoms with van der Waals surface area (Å²) in [4.78, 5) is 18.5. The van der Waals surface area contributed by atoms with Gasteiger partial charge in [0.1, 0.15) is 18.2 Å². The van der Waals surface area contributed by atoms with Crippen molar-refractivity contribution in [1.82, 2.24) is 9.97 Å². The highest BCUT2D eigenvalue weighted by molar-refractivity contribution is 5.77. The fourth-order valence-electron chi connectivity index (χ4n) is 1.05. The molecule has 1 aromatic heterocycles. The molecule has 1 heterocycles. The average Bonchev–Trinajstić information content (AvgIpc) is 2.15. The summed E-state index contributed by atoms with van der Waals surface area (Å²) in [6.45, 7) is 3.68. The third-order valence-electron chi connectivity index (χ3n) is 1.82. The molecular weight excluding hydrogens is 182 g/mol. The van der Waals surface area contributed by atoms with E-state index in [-0.39, 0.29) is 5.92 Å². The number of rotatable bonds is 4. The summed E-state index contributed by atoms with van der Waals surface area (Å²) >= 11 is 0. The van der Waals surface area contributed by atoms with Crippen LogP contribution in [-0.2, 0) is 4.79 Å². The molecule has 1 aromatic rings. The van der Waals surface area contributed by atoms with E-state index in [1.807, 2.05) is 13.8 Å². The van der Waals surface area contributed by atoms with Crippen molar-refractivity contribution in [3.05, 3.63) is 18.6 Å². The Kier molecular flexibility index (Phi) is 3.39. The molecule has 0 aliphatic heterocycles. The van der Waals surface area contributed by atoms with E-state index in [9.17, 15) is 4.79 Å². The van der Waals surface area contributed by atoms with Crippen LogP contribution in [-0.4, -0.2) is 27.1 Å². The smallest absolute Gasteiger partial charge is 0.326 e. The Morgan fingerprint density at radius 2 is 2.29 bits per heavy atom. The second-order valence-corrected chi connectivity index (χ2v) is 3.30. The van der Waals surface area contributed by atoms with Crippen molar-refractivity contribution < 1.29 is 9.90 Å². The van der Waals surface area contributed by atoms with Crippen molar-refractivity contribution in [3.63, 3.8) is 0 Å². The molecule has 0 aliphatic rings. The van der Waals surface area contributed by atoms with Crippen molar-refractivity contribution in [2.75, 3.05) is 5.32 Å². The third kappa shape index (κ3) is 2.69. The molecule has 5 nitrogen and oxygen atoms in total. The van der Waals surface area contributed by atoms with Crippen LogP contribution in [0.15, 0.2) is 18.6 Å². The van der Waals surface area contributed by atoms with Crippen LogP contribution in [0.25, 0.3) is 0 Å². The van der Waals surface area contributed by atoms with E-state index >= 15 is 0 Å². The Morgan fingerprint density at radius 1 is 1.57 bits per heavy atom. The number of hydrogen-bond acceptors (Lipinski definition) is 4. The fourth-order valence-corrected chi connectivity index (χ4v) is 1.05. The zero-order valence-electron chi connectivity index (χ0n) is 8.14. The largest absolute Gasteiger partial charge is 0.480 e. The van der Waals surface area contributed by atoms with E-state index in [1.165, 1.54) is 6.33 Å². The molecule has 0 aromatic carbocycles. The molecule has 0 radical (unpaired) electrons. The van der Waals surface area contributed by atoms with Crippen LogP contribution in [0.2, 0.25) is 0 Å². The molecular formula is C9H13N3O2. The Bertz CT molecular complexity index is 300. The topological polar surface area (TPSA) is 75.1 Å². The van der Waals surface area contributed by atoms with E-state index in [0.717, 1.165) is 0 Å². The lowest BCUT2D eigenvalue weighted by Crippen LogP contribution is -2.34. The summed E-state index contributed by atoms with van der Waals surface area (Å²) in [5, 5.41) is 11.7. The molecule has 2 N–H and O–H groups in total. The van der Waals surface area contributed by atoms with Crippen LogP contribution >= 0.6 is 0 Å². The van der Waals surface area contributed by atoms with Gasteiger partial charge in [0, 0.05) is 6.20 Å². The van der Waals surface area contributed by atoms with Crippen LogP contribution in [0.4, 0.5) is 5.82 Å². The number of hydrogen-bond donors (Lipinski definition) is 2. The van der Waals surface area contributed by atoms with E-state index in [1.54, 1.807) is 12.3 Å². The molecule has 0 unspecified atom stereocenters. The first kappa shape index (κ1) is 10.4. The maximum Gasteiger partial charge on any atom is 0.326 e. The van der Waals surface area contributed by atoms with Crippen molar-refractivity contribution >= 4 is 11.8 Å². The minimum atomic E-state index is -0.876. The average molecular weight is 195 g/mol. The second-order valence-electron chi connectivity index (χ2n) is 3.30. The number of aromatic nitrogens is 2. The van der Waals surface area contributed by atoms with Crippen molar-refractivity contribution in [1.29, 1.82) is 0 Å². The predicted molar refractivity (Wildman–Crippen MR) is 51.9 cm³/mol. The van der Waals surface area contributed by atoms with Gasteiger partial charge >= 0.3 is 5.97 Å². The molecule has 5 heteroatoms. The second kappa shape index (κ2) is 4.55. The molecule has 0 amide bonds. The Hall–Kier alpha value is -1.65. The monoisotopic (exact) mass is 195 g/mol. The summed E-state index contributed by atoms with van der Waals surface area (Å²) in [5.74, 6) is -0.345. The normalized spacial score (nSPS) is 12.5. The van der Waals surface area contributed by atoms with Gasteiger partial charge in [-0.15, -0.1) is 0 Å². The van der Waals surface area contributed by atoms with Gasteiger partial charge in [-0.05, 0) is 12.0 Å². The first-order valence-corrected chi connectivity index (χ1v) is 4.36. The maximum absolute atomic E-state index is 10.8. The Morgan fingerprint density at radius 3 is 2.71 bits per heavy atom. The lowest BCUT2D eigenvalue weighted by Gasteiger charge is -2.17. The number of nitrogens with zero attached hydrogens (tertiary/aromatic N) is 2. The first-order valence-electron chi connectivity index (χ1n) is 4.36. The van der Waals surface area contributed by atoms with E-state index in [4.69, 9.17) is 5.11 Å². The fraction of sp³-hybridized carbons (Fsp3) is 0.444. The number of anilines is 1. The number of carboxylic acid groups (broad SMARTS) is 1. The Labute approximate surface area is 82.2 Å². The predicted octanol–water partition coefficient (Wildman–Crippen LogP) is 0.998. The molecule has 0 saturated carbocycles. The highest BCUT2D eigenvalue weighted by Gasteiger charge is 2.21. The summed E-state index contributed by atoms with van der Waals surface area (Å²) in [5.41, 5.74) is 0. The molecule has 76 valence electrons. The quantitative estimate of drug-likeness (QED) is 0.749. The number of nitrogens with one attached hydrogen (secondary N) is 1. The molecule has 0 spiro atoms. The number of carboxylic acids is 1. The summed E-state index contributed by atoms with van der Waals surface area (Å²) in [7, 11) is 0. The number of aliphatic carboxylic acids is 1. The highest BCUT2D eigenvalue weighted by Crippen LogP contribution is 2.09. The molecule has 14 heavy (non-hydrogen) atoms. The lowest BCUT2D eigenvalue weighted by molar-refractivity contribution is -0.138. The minimum absolute atomic E-state index is 0.00228. The third-order valence-corrected chi connectivity index (χ3v) is 1.82. The zero-order chi connectivity index (χ0) is 10.6. The van der Waals surface area contributed by atoms with Gasteiger partial charge in [0.15, 0.2) is 0 Å². The number of carbonyl (C=O) groups is 1.